The Morgan fingerprint density at radius 2 is 1.43 bits per heavy atom. The Morgan fingerprint density at radius 1 is 0.857 bits per heavy atom. The lowest BCUT2D eigenvalue weighted by atomic mass is 10.1. The fourth-order valence-electron chi connectivity index (χ4n) is 2.83. The van der Waals surface area contributed by atoms with Crippen LogP contribution >= 0.6 is 0 Å². The molecule has 0 amide bonds. The van der Waals surface area contributed by atoms with E-state index in [2.05, 4.69) is 0 Å². The number of esters is 5. The molecule has 0 aromatic heterocycles. The predicted molar refractivity (Wildman–Crippen MR) is 110 cm³/mol. The van der Waals surface area contributed by atoms with Crippen LogP contribution in [0.5, 0.6) is 0 Å². The van der Waals surface area contributed by atoms with E-state index in [4.69, 9.17) is 28.4 Å². The van der Waals surface area contributed by atoms with Crippen molar-refractivity contribution in [2.24, 2.45) is 0 Å². The molecule has 0 fully saturated rings. The Hall–Kier alpha value is -4.33. The highest BCUT2D eigenvalue weighted by Gasteiger charge is 2.46. The number of benzene rings is 1. The first-order valence-electron chi connectivity index (χ1n) is 9.91. The average molecular weight is 495 g/mol. The van der Waals surface area contributed by atoms with Gasteiger partial charge in [0.15, 0.2) is 17.6 Å². The summed E-state index contributed by atoms with van der Waals surface area (Å²) in [6.07, 6.45) is -4.89. The molecule has 0 aliphatic carbocycles. The van der Waals surface area contributed by atoms with Crippen molar-refractivity contribution in [1.82, 2.24) is 0 Å². The van der Waals surface area contributed by atoms with Crippen LogP contribution in [0.15, 0.2) is 35.8 Å². The smallest absolute Gasteiger partial charge is 0.340 e. The largest absolute Gasteiger partial charge is 0.463 e. The van der Waals surface area contributed by atoms with Crippen molar-refractivity contribution >= 4 is 35.5 Å². The Kier molecular flexibility index (Phi) is 8.99. The number of carbonyl (C=O) groups is 5. The third kappa shape index (κ3) is 7.60. The number of nitrogens with zero attached hydrogens (tertiary/aromatic N) is 1. The number of hydrogen-bond acceptors (Lipinski definition) is 13. The normalized spacial score (nSPS) is 19.3. The maximum absolute atomic E-state index is 12.7. The molecule has 1 heterocycles. The molecule has 14 nitrogen and oxygen atoms in total. The van der Waals surface area contributed by atoms with E-state index < -0.39 is 71.4 Å². The maximum atomic E-state index is 12.7. The lowest BCUT2D eigenvalue weighted by Gasteiger charge is -2.36. The highest BCUT2D eigenvalue weighted by atomic mass is 16.7. The van der Waals surface area contributed by atoms with Gasteiger partial charge in [-0.2, -0.15) is 0 Å². The van der Waals surface area contributed by atoms with E-state index in [9.17, 15) is 34.1 Å². The number of hydrogen-bond donors (Lipinski definition) is 0. The van der Waals surface area contributed by atoms with Crippen molar-refractivity contribution in [2.45, 2.75) is 46.2 Å². The minimum absolute atomic E-state index is 0.124. The monoisotopic (exact) mass is 495 g/mol. The highest BCUT2D eigenvalue weighted by molar-refractivity contribution is 5.89. The Bertz CT molecular complexity index is 1060. The standard InChI is InChI=1S/C21H21NO13/c1-10(23)30-9-16-17(31-11(2)24)18(32-12(3)25)19(33-13(4)26)21(34-16)35-20(27)14-5-7-15(8-6-14)22(28)29/h5-8,16,19,21H,9H2,1-4H3/t16?,19?,21-/m0/s1. The van der Waals surface area contributed by atoms with Crippen LogP contribution < -0.4 is 0 Å². The van der Waals surface area contributed by atoms with Crippen molar-refractivity contribution in [1.29, 1.82) is 0 Å². The van der Waals surface area contributed by atoms with Gasteiger partial charge in [-0.15, -0.1) is 0 Å². The number of carbonyl (C=O) groups excluding carboxylic acids is 5. The van der Waals surface area contributed by atoms with Gasteiger partial charge in [0.2, 0.25) is 12.4 Å². The van der Waals surface area contributed by atoms with E-state index in [1.54, 1.807) is 0 Å². The molecule has 0 N–H and O–H groups in total. The molecule has 0 saturated carbocycles. The zero-order chi connectivity index (χ0) is 26.3. The van der Waals surface area contributed by atoms with Gasteiger partial charge in [-0.3, -0.25) is 29.3 Å². The molecule has 0 bridgehead atoms. The second-order valence-electron chi connectivity index (χ2n) is 6.95. The second kappa shape index (κ2) is 11.7. The molecule has 2 unspecified atom stereocenters. The van der Waals surface area contributed by atoms with E-state index in [-0.39, 0.29) is 11.3 Å². The Labute approximate surface area is 197 Å². The van der Waals surface area contributed by atoms with E-state index in [1.807, 2.05) is 0 Å². The van der Waals surface area contributed by atoms with Crippen LogP contribution in [-0.4, -0.2) is 59.9 Å². The molecule has 2 rings (SSSR count). The number of rotatable bonds is 8. The topological polar surface area (TPSA) is 184 Å². The molecule has 14 heteroatoms. The van der Waals surface area contributed by atoms with Crippen LogP contribution in [0.4, 0.5) is 5.69 Å². The van der Waals surface area contributed by atoms with Gasteiger partial charge in [-0.25, -0.2) is 4.79 Å². The Balaban J connectivity index is 2.49. The van der Waals surface area contributed by atoms with Gasteiger partial charge in [-0.1, -0.05) is 0 Å². The fraction of sp³-hybridized carbons (Fsp3) is 0.381. The first-order valence-corrected chi connectivity index (χ1v) is 9.91. The van der Waals surface area contributed by atoms with E-state index in [0.29, 0.717) is 0 Å². The minimum Gasteiger partial charge on any atom is -0.463 e. The summed E-state index contributed by atoms with van der Waals surface area (Å²) in [6, 6.07) is 4.36. The summed E-state index contributed by atoms with van der Waals surface area (Å²) in [7, 11) is 0. The van der Waals surface area contributed by atoms with Gasteiger partial charge in [0.25, 0.3) is 5.69 Å². The zero-order valence-electron chi connectivity index (χ0n) is 19.0. The number of nitro groups is 1. The summed E-state index contributed by atoms with van der Waals surface area (Å²) < 4.78 is 31.1. The minimum atomic E-state index is -1.77. The van der Waals surface area contributed by atoms with Gasteiger partial charge in [-0.05, 0) is 12.1 Å². The zero-order valence-corrected chi connectivity index (χ0v) is 19.0. The van der Waals surface area contributed by atoms with Gasteiger partial charge < -0.3 is 28.4 Å². The summed E-state index contributed by atoms with van der Waals surface area (Å²) in [5, 5.41) is 10.8. The summed E-state index contributed by atoms with van der Waals surface area (Å²) in [5.41, 5.74) is -0.401. The SMILES string of the molecule is CC(=O)OCC1O[C@@H](OC(=O)c2ccc([N+](=O)[O-])cc2)C(OC(C)=O)C(OC(C)=O)=C1OC(C)=O. The van der Waals surface area contributed by atoms with Crippen LogP contribution in [0.3, 0.4) is 0 Å². The number of nitro benzene ring substituents is 1. The van der Waals surface area contributed by atoms with Gasteiger partial charge in [0, 0.05) is 39.8 Å². The molecule has 35 heavy (non-hydrogen) atoms. The summed E-state index contributed by atoms with van der Waals surface area (Å²) in [6.45, 7) is 3.59. The lowest BCUT2D eigenvalue weighted by molar-refractivity contribution is -0.384. The molecular weight excluding hydrogens is 474 g/mol. The molecule has 0 radical (unpaired) electrons. The Morgan fingerprint density at radius 3 is 1.91 bits per heavy atom. The van der Waals surface area contributed by atoms with Gasteiger partial charge in [0.1, 0.15) is 6.61 Å². The van der Waals surface area contributed by atoms with Crippen molar-refractivity contribution in [3.63, 3.8) is 0 Å². The molecule has 1 aliphatic heterocycles. The average Bonchev–Trinajstić information content (AvgIpc) is 2.75. The predicted octanol–water partition coefficient (Wildman–Crippen LogP) is 1.31. The summed E-state index contributed by atoms with van der Waals surface area (Å²) >= 11 is 0. The molecule has 0 saturated heterocycles. The quantitative estimate of drug-likeness (QED) is 0.218. The van der Waals surface area contributed by atoms with Gasteiger partial charge >= 0.3 is 29.8 Å². The molecular formula is C21H21NO13. The lowest BCUT2D eigenvalue weighted by Crippen LogP contribution is -2.48. The first-order chi connectivity index (χ1) is 16.4. The van der Waals surface area contributed by atoms with Crippen LogP contribution in [0, 0.1) is 10.1 Å². The van der Waals surface area contributed by atoms with Crippen LogP contribution in [-0.2, 0) is 47.6 Å². The summed E-state index contributed by atoms with van der Waals surface area (Å²) in [4.78, 5) is 69.3. The van der Waals surface area contributed by atoms with Crippen LogP contribution in [0.25, 0.3) is 0 Å². The van der Waals surface area contributed by atoms with E-state index >= 15 is 0 Å². The van der Waals surface area contributed by atoms with E-state index in [1.165, 1.54) is 0 Å². The molecule has 1 aliphatic rings. The highest BCUT2D eigenvalue weighted by Crippen LogP contribution is 2.32. The number of non-ortho nitro benzene ring substituents is 1. The number of ether oxygens (including phenoxy) is 6. The molecule has 0 spiro atoms. The fourth-order valence-corrected chi connectivity index (χ4v) is 2.83. The van der Waals surface area contributed by atoms with Gasteiger partial charge in [0.05, 0.1) is 10.5 Å². The molecule has 1 aromatic carbocycles. The van der Waals surface area contributed by atoms with Crippen molar-refractivity contribution in [3.8, 4) is 0 Å². The summed E-state index contributed by atoms with van der Waals surface area (Å²) in [5.74, 6) is -5.42. The third-order valence-electron chi connectivity index (χ3n) is 4.11. The third-order valence-corrected chi connectivity index (χ3v) is 4.11. The molecule has 188 valence electrons. The molecule has 3 atom stereocenters. The maximum Gasteiger partial charge on any atom is 0.340 e. The first kappa shape index (κ1) is 26.9. The van der Waals surface area contributed by atoms with Crippen LogP contribution in [0.2, 0.25) is 0 Å². The van der Waals surface area contributed by atoms with E-state index in [0.717, 1.165) is 52.0 Å². The van der Waals surface area contributed by atoms with Crippen molar-refractivity contribution in [2.75, 3.05) is 6.61 Å². The van der Waals surface area contributed by atoms with Crippen molar-refractivity contribution in [3.05, 3.63) is 51.5 Å². The van der Waals surface area contributed by atoms with Crippen molar-refractivity contribution < 1.29 is 57.3 Å². The van der Waals surface area contributed by atoms with Crippen LogP contribution in [0.1, 0.15) is 38.1 Å². The second-order valence-corrected chi connectivity index (χ2v) is 6.95. The molecule has 1 aromatic rings.